The quantitative estimate of drug-likeness (QED) is 0.909. The van der Waals surface area contributed by atoms with Crippen molar-refractivity contribution in [3.05, 3.63) is 22.4 Å². The Balaban J connectivity index is 1.94. The fraction of sp³-hybridized carbons (Fsp3) is 0.625. The summed E-state index contributed by atoms with van der Waals surface area (Å²) in [4.78, 5) is 27.1. The number of hydrogen-bond donors (Lipinski definition) is 1. The van der Waals surface area contributed by atoms with E-state index >= 15 is 0 Å². The van der Waals surface area contributed by atoms with Gasteiger partial charge in [-0.3, -0.25) is 9.59 Å². The SMILES string of the molecule is CC(C)[C@H](NC(=O)CN1CCCCCC1=O)c1cccs1. The number of hydrogen-bond acceptors (Lipinski definition) is 3. The molecule has 0 saturated carbocycles. The lowest BCUT2D eigenvalue weighted by molar-refractivity contribution is -0.135. The van der Waals surface area contributed by atoms with Crippen molar-refractivity contribution in [1.82, 2.24) is 10.2 Å². The molecule has 21 heavy (non-hydrogen) atoms. The second kappa shape index (κ2) is 7.59. The second-order valence-electron chi connectivity index (χ2n) is 5.93. The van der Waals surface area contributed by atoms with Crippen LogP contribution in [0.3, 0.4) is 0 Å². The number of carbonyl (C=O) groups excluding carboxylic acids is 2. The van der Waals surface area contributed by atoms with Gasteiger partial charge in [0.2, 0.25) is 11.8 Å². The summed E-state index contributed by atoms with van der Waals surface area (Å²) < 4.78 is 0. The molecule has 2 heterocycles. The Kier molecular flexibility index (Phi) is 5.79. The summed E-state index contributed by atoms with van der Waals surface area (Å²) in [6.45, 7) is 5.09. The van der Waals surface area contributed by atoms with E-state index < -0.39 is 0 Å². The average Bonchev–Trinajstić information content (AvgIpc) is 2.89. The molecule has 1 aliphatic rings. The van der Waals surface area contributed by atoms with Gasteiger partial charge >= 0.3 is 0 Å². The molecule has 0 aliphatic carbocycles. The number of amides is 2. The van der Waals surface area contributed by atoms with Crippen molar-refractivity contribution in [2.75, 3.05) is 13.1 Å². The Hall–Kier alpha value is -1.36. The van der Waals surface area contributed by atoms with E-state index in [1.807, 2.05) is 17.5 Å². The highest BCUT2D eigenvalue weighted by Crippen LogP contribution is 2.25. The van der Waals surface area contributed by atoms with Crippen molar-refractivity contribution in [3.63, 3.8) is 0 Å². The molecular formula is C16H24N2O2S. The number of carbonyl (C=O) groups is 2. The molecule has 1 atom stereocenters. The van der Waals surface area contributed by atoms with Crippen molar-refractivity contribution in [3.8, 4) is 0 Å². The number of likely N-dealkylation sites (tertiary alicyclic amines) is 1. The van der Waals surface area contributed by atoms with Crippen LogP contribution in [0.25, 0.3) is 0 Å². The molecule has 116 valence electrons. The Labute approximate surface area is 130 Å². The monoisotopic (exact) mass is 308 g/mol. The van der Waals surface area contributed by atoms with Crippen molar-refractivity contribution in [2.24, 2.45) is 5.92 Å². The normalized spacial score (nSPS) is 17.7. The summed E-state index contributed by atoms with van der Waals surface area (Å²) in [5, 5.41) is 5.11. The van der Waals surface area contributed by atoms with Crippen LogP contribution in [0.4, 0.5) is 0 Å². The smallest absolute Gasteiger partial charge is 0.240 e. The first-order chi connectivity index (χ1) is 10.1. The number of nitrogens with one attached hydrogen (secondary N) is 1. The van der Waals surface area contributed by atoms with E-state index in [-0.39, 0.29) is 24.4 Å². The zero-order valence-electron chi connectivity index (χ0n) is 12.8. The Morgan fingerprint density at radius 1 is 1.38 bits per heavy atom. The number of rotatable bonds is 5. The molecule has 0 aromatic carbocycles. The molecule has 5 heteroatoms. The summed E-state index contributed by atoms with van der Waals surface area (Å²) in [5.74, 6) is 0.379. The molecule has 0 spiro atoms. The first kappa shape index (κ1) is 16.0. The third kappa shape index (κ3) is 4.56. The summed E-state index contributed by atoms with van der Waals surface area (Å²) in [6, 6.07) is 4.08. The van der Waals surface area contributed by atoms with Crippen LogP contribution in [0, 0.1) is 5.92 Å². The molecule has 1 aliphatic heterocycles. The molecule has 2 rings (SSSR count). The van der Waals surface area contributed by atoms with Gasteiger partial charge in [-0.1, -0.05) is 26.3 Å². The van der Waals surface area contributed by atoms with E-state index in [1.165, 1.54) is 4.88 Å². The van der Waals surface area contributed by atoms with Gasteiger partial charge in [0.15, 0.2) is 0 Å². The maximum atomic E-state index is 12.3. The largest absolute Gasteiger partial charge is 0.347 e. The summed E-state index contributed by atoms with van der Waals surface area (Å²) in [7, 11) is 0. The predicted octanol–water partition coefficient (Wildman–Crippen LogP) is 2.96. The van der Waals surface area contributed by atoms with Crippen LogP contribution in [0.5, 0.6) is 0 Å². The van der Waals surface area contributed by atoms with Crippen LogP contribution in [-0.4, -0.2) is 29.8 Å². The van der Waals surface area contributed by atoms with Gasteiger partial charge in [0, 0.05) is 17.8 Å². The molecule has 1 saturated heterocycles. The van der Waals surface area contributed by atoms with Crippen LogP contribution in [-0.2, 0) is 9.59 Å². The van der Waals surface area contributed by atoms with E-state index in [0.717, 1.165) is 19.3 Å². The Bertz CT molecular complexity index is 471. The minimum Gasteiger partial charge on any atom is -0.347 e. The van der Waals surface area contributed by atoms with Crippen LogP contribution < -0.4 is 5.32 Å². The van der Waals surface area contributed by atoms with E-state index in [1.54, 1.807) is 16.2 Å². The fourth-order valence-electron chi connectivity index (χ4n) is 2.63. The van der Waals surface area contributed by atoms with E-state index in [4.69, 9.17) is 0 Å². The van der Waals surface area contributed by atoms with Gasteiger partial charge in [-0.25, -0.2) is 0 Å². The number of thiophene rings is 1. The summed E-state index contributed by atoms with van der Waals surface area (Å²) in [6.07, 6.45) is 3.60. The van der Waals surface area contributed by atoms with Crippen LogP contribution in [0.1, 0.15) is 50.4 Å². The predicted molar refractivity (Wildman–Crippen MR) is 85.1 cm³/mol. The lowest BCUT2D eigenvalue weighted by Gasteiger charge is -2.24. The third-order valence-electron chi connectivity index (χ3n) is 3.84. The van der Waals surface area contributed by atoms with Gasteiger partial charge < -0.3 is 10.2 Å². The van der Waals surface area contributed by atoms with Gasteiger partial charge in [-0.15, -0.1) is 11.3 Å². The fourth-order valence-corrected chi connectivity index (χ4v) is 3.58. The highest BCUT2D eigenvalue weighted by molar-refractivity contribution is 7.10. The summed E-state index contributed by atoms with van der Waals surface area (Å²) in [5.41, 5.74) is 0. The lowest BCUT2D eigenvalue weighted by Crippen LogP contribution is -2.42. The lowest BCUT2D eigenvalue weighted by atomic mass is 10.0. The molecule has 1 N–H and O–H groups in total. The summed E-state index contributed by atoms with van der Waals surface area (Å²) >= 11 is 1.66. The zero-order valence-corrected chi connectivity index (χ0v) is 13.6. The molecule has 0 radical (unpaired) electrons. The topological polar surface area (TPSA) is 49.4 Å². The van der Waals surface area contributed by atoms with E-state index in [0.29, 0.717) is 18.9 Å². The second-order valence-corrected chi connectivity index (χ2v) is 6.91. The van der Waals surface area contributed by atoms with Crippen LogP contribution >= 0.6 is 11.3 Å². The van der Waals surface area contributed by atoms with Gasteiger partial charge in [-0.2, -0.15) is 0 Å². The molecule has 2 amide bonds. The molecule has 4 nitrogen and oxygen atoms in total. The molecule has 1 fully saturated rings. The third-order valence-corrected chi connectivity index (χ3v) is 4.79. The minimum absolute atomic E-state index is 0.0274. The van der Waals surface area contributed by atoms with Crippen molar-refractivity contribution in [1.29, 1.82) is 0 Å². The highest BCUT2D eigenvalue weighted by atomic mass is 32.1. The molecule has 1 aromatic heterocycles. The van der Waals surface area contributed by atoms with Crippen molar-refractivity contribution < 1.29 is 9.59 Å². The van der Waals surface area contributed by atoms with Gasteiger partial charge in [0.1, 0.15) is 0 Å². The van der Waals surface area contributed by atoms with E-state index in [2.05, 4.69) is 19.2 Å². The first-order valence-corrected chi connectivity index (χ1v) is 8.56. The molecule has 1 aromatic rings. The zero-order chi connectivity index (χ0) is 15.2. The first-order valence-electron chi connectivity index (χ1n) is 7.68. The standard InChI is InChI=1S/C16H24N2O2S/c1-12(2)16(13-7-6-10-21-13)17-14(19)11-18-9-5-3-4-8-15(18)20/h6-7,10,12,16H,3-5,8-9,11H2,1-2H3,(H,17,19)/t16-/m0/s1. The maximum absolute atomic E-state index is 12.3. The van der Waals surface area contributed by atoms with Gasteiger partial charge in [-0.05, 0) is 30.2 Å². The Morgan fingerprint density at radius 3 is 2.86 bits per heavy atom. The highest BCUT2D eigenvalue weighted by Gasteiger charge is 2.23. The number of nitrogens with zero attached hydrogens (tertiary/aromatic N) is 1. The van der Waals surface area contributed by atoms with Crippen molar-refractivity contribution in [2.45, 2.75) is 45.6 Å². The van der Waals surface area contributed by atoms with Gasteiger partial charge in [0.05, 0.1) is 12.6 Å². The minimum atomic E-state index is -0.0580. The molecule has 0 unspecified atom stereocenters. The van der Waals surface area contributed by atoms with Crippen molar-refractivity contribution >= 4 is 23.2 Å². The Morgan fingerprint density at radius 2 is 2.19 bits per heavy atom. The van der Waals surface area contributed by atoms with Gasteiger partial charge in [0.25, 0.3) is 0 Å². The maximum Gasteiger partial charge on any atom is 0.240 e. The van der Waals surface area contributed by atoms with Crippen LogP contribution in [0.15, 0.2) is 17.5 Å². The van der Waals surface area contributed by atoms with Crippen LogP contribution in [0.2, 0.25) is 0 Å². The molecule has 0 bridgehead atoms. The van der Waals surface area contributed by atoms with E-state index in [9.17, 15) is 9.59 Å². The molecular weight excluding hydrogens is 284 g/mol. The average molecular weight is 308 g/mol.